The second kappa shape index (κ2) is 9.33. The van der Waals surface area contributed by atoms with Crippen molar-refractivity contribution in [3.8, 4) is 0 Å². The summed E-state index contributed by atoms with van der Waals surface area (Å²) in [6.45, 7) is 2.20. The van der Waals surface area contributed by atoms with Gasteiger partial charge in [-0.1, -0.05) is 63.1 Å². The van der Waals surface area contributed by atoms with Crippen LogP contribution in [0, 0.1) is 5.82 Å². The first kappa shape index (κ1) is 16.5. The van der Waals surface area contributed by atoms with E-state index in [4.69, 9.17) is 11.6 Å². The van der Waals surface area contributed by atoms with E-state index in [2.05, 4.69) is 6.92 Å². The van der Waals surface area contributed by atoms with Gasteiger partial charge in [0.15, 0.2) is 0 Å². The van der Waals surface area contributed by atoms with E-state index in [0.717, 1.165) is 18.4 Å². The summed E-state index contributed by atoms with van der Waals surface area (Å²) in [5.41, 5.74) is 0.821. The van der Waals surface area contributed by atoms with Crippen LogP contribution in [-0.4, -0.2) is 11.2 Å². The molecule has 0 spiro atoms. The molecule has 3 heteroatoms. The highest BCUT2D eigenvalue weighted by molar-refractivity contribution is 6.31. The maximum absolute atomic E-state index is 12.9. The number of rotatable bonds is 9. The second-order valence-corrected chi connectivity index (χ2v) is 5.56. The second-order valence-electron chi connectivity index (χ2n) is 5.15. The van der Waals surface area contributed by atoms with Crippen molar-refractivity contribution in [2.75, 3.05) is 0 Å². The zero-order chi connectivity index (χ0) is 14.1. The summed E-state index contributed by atoms with van der Waals surface area (Å²) in [7, 11) is 0. The third-order valence-electron chi connectivity index (χ3n) is 3.36. The highest BCUT2D eigenvalue weighted by Gasteiger charge is 2.09. The molecular formula is C16H24ClFO. The van der Waals surface area contributed by atoms with E-state index >= 15 is 0 Å². The minimum absolute atomic E-state index is 0.334. The molecule has 0 amide bonds. The highest BCUT2D eigenvalue weighted by Crippen LogP contribution is 2.20. The van der Waals surface area contributed by atoms with E-state index in [-0.39, 0.29) is 11.9 Å². The number of aliphatic hydroxyl groups is 1. The summed E-state index contributed by atoms with van der Waals surface area (Å²) in [6.07, 6.45) is 8.23. The quantitative estimate of drug-likeness (QED) is 0.624. The molecule has 0 aliphatic heterocycles. The van der Waals surface area contributed by atoms with Crippen LogP contribution in [0.2, 0.25) is 5.02 Å². The molecule has 0 saturated heterocycles. The summed E-state index contributed by atoms with van der Waals surface area (Å²) in [5.74, 6) is -0.334. The van der Waals surface area contributed by atoms with E-state index in [0.29, 0.717) is 11.4 Å². The van der Waals surface area contributed by atoms with Gasteiger partial charge in [0, 0.05) is 5.02 Å². The van der Waals surface area contributed by atoms with Crippen LogP contribution in [0.3, 0.4) is 0 Å². The SMILES string of the molecule is CCCCCCCCC(O)Cc1ccc(F)cc1Cl. The van der Waals surface area contributed by atoms with E-state index in [1.807, 2.05) is 0 Å². The maximum Gasteiger partial charge on any atom is 0.124 e. The zero-order valence-electron chi connectivity index (χ0n) is 11.7. The summed E-state index contributed by atoms with van der Waals surface area (Å²) < 4.78 is 12.9. The van der Waals surface area contributed by atoms with Gasteiger partial charge < -0.3 is 5.11 Å². The standard InChI is InChI=1S/C16H24ClFO/c1-2-3-4-5-6-7-8-15(19)11-13-9-10-14(18)12-16(13)17/h9-10,12,15,19H,2-8,11H2,1H3. The lowest BCUT2D eigenvalue weighted by molar-refractivity contribution is 0.161. The van der Waals surface area contributed by atoms with E-state index < -0.39 is 0 Å². The van der Waals surface area contributed by atoms with Crippen molar-refractivity contribution in [2.24, 2.45) is 0 Å². The van der Waals surface area contributed by atoms with Gasteiger partial charge in [-0.2, -0.15) is 0 Å². The number of hydrogen-bond donors (Lipinski definition) is 1. The van der Waals surface area contributed by atoms with Crippen molar-refractivity contribution in [2.45, 2.75) is 64.4 Å². The predicted molar refractivity (Wildman–Crippen MR) is 79.1 cm³/mol. The summed E-state index contributed by atoms with van der Waals surface area (Å²) in [5, 5.41) is 10.4. The molecule has 108 valence electrons. The Morgan fingerprint density at radius 3 is 2.53 bits per heavy atom. The first-order valence-electron chi connectivity index (χ1n) is 7.25. The fourth-order valence-electron chi connectivity index (χ4n) is 2.20. The van der Waals surface area contributed by atoms with Crippen LogP contribution >= 0.6 is 11.6 Å². The van der Waals surface area contributed by atoms with Gasteiger partial charge in [-0.05, 0) is 30.5 Å². The Labute approximate surface area is 120 Å². The van der Waals surface area contributed by atoms with Crippen molar-refractivity contribution in [3.63, 3.8) is 0 Å². The Hall–Kier alpha value is -0.600. The number of unbranched alkanes of at least 4 members (excludes halogenated alkanes) is 5. The lowest BCUT2D eigenvalue weighted by atomic mass is 10.0. The Balaban J connectivity index is 2.21. The summed E-state index contributed by atoms with van der Waals surface area (Å²) in [6, 6.07) is 4.34. The largest absolute Gasteiger partial charge is 0.393 e. The van der Waals surface area contributed by atoms with Crippen LogP contribution < -0.4 is 0 Å². The molecule has 1 unspecified atom stereocenters. The van der Waals surface area contributed by atoms with E-state index in [1.54, 1.807) is 6.07 Å². The van der Waals surface area contributed by atoms with Crippen LogP contribution in [0.15, 0.2) is 18.2 Å². The maximum atomic E-state index is 12.9. The molecular weight excluding hydrogens is 263 g/mol. The van der Waals surface area contributed by atoms with Gasteiger partial charge in [0.05, 0.1) is 6.10 Å². The predicted octanol–water partition coefficient (Wildman–Crippen LogP) is 5.13. The average molecular weight is 287 g/mol. The molecule has 1 rings (SSSR count). The van der Waals surface area contributed by atoms with Gasteiger partial charge in [-0.3, -0.25) is 0 Å². The highest BCUT2D eigenvalue weighted by atomic mass is 35.5. The average Bonchev–Trinajstić information content (AvgIpc) is 2.37. The molecule has 1 nitrogen and oxygen atoms in total. The molecule has 1 N–H and O–H groups in total. The van der Waals surface area contributed by atoms with Crippen molar-refractivity contribution >= 4 is 11.6 Å². The number of hydrogen-bond acceptors (Lipinski definition) is 1. The van der Waals surface area contributed by atoms with Crippen molar-refractivity contribution in [1.82, 2.24) is 0 Å². The molecule has 1 atom stereocenters. The fraction of sp³-hybridized carbons (Fsp3) is 0.625. The molecule has 0 bridgehead atoms. The molecule has 0 radical (unpaired) electrons. The molecule has 1 aromatic carbocycles. The van der Waals surface area contributed by atoms with Crippen LogP contribution in [-0.2, 0) is 6.42 Å². The smallest absolute Gasteiger partial charge is 0.124 e. The number of benzene rings is 1. The van der Waals surface area contributed by atoms with Gasteiger partial charge in [0.1, 0.15) is 5.82 Å². The Kier molecular flexibility index (Phi) is 8.08. The first-order valence-corrected chi connectivity index (χ1v) is 7.63. The monoisotopic (exact) mass is 286 g/mol. The van der Waals surface area contributed by atoms with Crippen molar-refractivity contribution in [3.05, 3.63) is 34.6 Å². The topological polar surface area (TPSA) is 20.2 Å². The van der Waals surface area contributed by atoms with Crippen LogP contribution in [0.5, 0.6) is 0 Å². The molecule has 0 aliphatic carbocycles. The van der Waals surface area contributed by atoms with Gasteiger partial charge in [-0.15, -0.1) is 0 Å². The molecule has 0 saturated carbocycles. The summed E-state index contributed by atoms with van der Waals surface area (Å²) in [4.78, 5) is 0. The van der Waals surface area contributed by atoms with Gasteiger partial charge in [0.2, 0.25) is 0 Å². The first-order chi connectivity index (χ1) is 9.13. The van der Waals surface area contributed by atoms with Gasteiger partial charge >= 0.3 is 0 Å². The number of aliphatic hydroxyl groups excluding tert-OH is 1. The third-order valence-corrected chi connectivity index (χ3v) is 3.71. The molecule has 0 heterocycles. The minimum atomic E-state index is -0.380. The fourth-order valence-corrected chi connectivity index (χ4v) is 2.45. The number of halogens is 2. The Morgan fingerprint density at radius 2 is 1.84 bits per heavy atom. The van der Waals surface area contributed by atoms with Crippen LogP contribution in [0.1, 0.15) is 57.4 Å². The van der Waals surface area contributed by atoms with Crippen LogP contribution in [0.4, 0.5) is 4.39 Å². The van der Waals surface area contributed by atoms with Gasteiger partial charge in [-0.25, -0.2) is 4.39 Å². The Bertz CT molecular complexity index is 368. The minimum Gasteiger partial charge on any atom is -0.393 e. The third kappa shape index (κ3) is 6.93. The molecule has 0 aliphatic rings. The Morgan fingerprint density at radius 1 is 1.16 bits per heavy atom. The summed E-state index contributed by atoms with van der Waals surface area (Å²) >= 11 is 5.94. The molecule has 19 heavy (non-hydrogen) atoms. The van der Waals surface area contributed by atoms with Crippen molar-refractivity contribution in [1.29, 1.82) is 0 Å². The molecule has 0 fully saturated rings. The van der Waals surface area contributed by atoms with Crippen LogP contribution in [0.25, 0.3) is 0 Å². The molecule has 0 aromatic heterocycles. The van der Waals surface area contributed by atoms with Crippen molar-refractivity contribution < 1.29 is 9.50 Å². The lowest BCUT2D eigenvalue weighted by Crippen LogP contribution is -2.10. The zero-order valence-corrected chi connectivity index (χ0v) is 12.4. The molecule has 1 aromatic rings. The van der Waals surface area contributed by atoms with E-state index in [9.17, 15) is 9.50 Å². The lowest BCUT2D eigenvalue weighted by Gasteiger charge is -2.11. The van der Waals surface area contributed by atoms with E-state index in [1.165, 1.54) is 44.2 Å². The normalized spacial score (nSPS) is 12.6. The van der Waals surface area contributed by atoms with Gasteiger partial charge in [0.25, 0.3) is 0 Å².